The molecule has 31 heavy (non-hydrogen) atoms. The molecule has 0 aliphatic rings. The van der Waals surface area contributed by atoms with Crippen molar-refractivity contribution in [3.63, 3.8) is 0 Å². The summed E-state index contributed by atoms with van der Waals surface area (Å²) in [7, 11) is 0. The first-order valence-electron chi connectivity index (χ1n) is 8.23. The molecule has 0 bridgehead atoms. The summed E-state index contributed by atoms with van der Waals surface area (Å²) < 4.78 is 128. The average Bonchev–Trinajstić information content (AvgIpc) is 2.61. The Morgan fingerprint density at radius 1 is 0.581 bits per heavy atom. The van der Waals surface area contributed by atoms with Crippen LogP contribution in [-0.2, 0) is 6.11 Å². The number of halogens is 9. The molecule has 3 aromatic carbocycles. The number of hydrogen-bond acceptors (Lipinski definition) is 2. The van der Waals surface area contributed by atoms with Crippen molar-refractivity contribution < 1.29 is 49.0 Å². The first-order chi connectivity index (χ1) is 14.4. The summed E-state index contributed by atoms with van der Waals surface area (Å²) in [5.74, 6) is -7.15. The highest BCUT2D eigenvalue weighted by molar-refractivity contribution is 5.65. The minimum absolute atomic E-state index is 0.409. The lowest BCUT2D eigenvalue weighted by Crippen LogP contribution is -2.25. The van der Waals surface area contributed by atoms with E-state index in [2.05, 4.69) is 9.47 Å². The fourth-order valence-electron chi connectivity index (χ4n) is 2.64. The number of ether oxygens (including phenoxy) is 2. The molecule has 0 amide bonds. The lowest BCUT2D eigenvalue weighted by molar-refractivity contribution is -0.274. The van der Waals surface area contributed by atoms with Crippen LogP contribution in [0.4, 0.5) is 39.5 Å². The van der Waals surface area contributed by atoms with Crippen LogP contribution < -0.4 is 9.47 Å². The van der Waals surface area contributed by atoms with E-state index >= 15 is 0 Å². The molecule has 0 spiro atoms. The third kappa shape index (κ3) is 5.22. The van der Waals surface area contributed by atoms with E-state index in [9.17, 15) is 39.5 Å². The maximum Gasteiger partial charge on any atom is 0.573 e. The Bertz CT molecular complexity index is 1070. The molecule has 0 heterocycles. The summed E-state index contributed by atoms with van der Waals surface area (Å²) in [6.45, 7) is 0. The van der Waals surface area contributed by atoms with Crippen LogP contribution in [0.2, 0.25) is 0 Å². The van der Waals surface area contributed by atoms with Crippen molar-refractivity contribution in [2.45, 2.75) is 12.5 Å². The van der Waals surface area contributed by atoms with E-state index in [-0.39, 0.29) is 0 Å². The maximum absolute atomic E-state index is 14.4. The zero-order valence-electron chi connectivity index (χ0n) is 14.9. The standard InChI is InChI=1S/C20H9F9O2/c21-11-1-6-14(15(22)9-11)10-7-16(23)18(17(24)8-10)19(25,26)30-12-2-4-13(5-3-12)31-20(27,28)29/h1-9H. The van der Waals surface area contributed by atoms with Gasteiger partial charge in [0.05, 0.1) is 0 Å². The quantitative estimate of drug-likeness (QED) is 0.391. The highest BCUT2D eigenvalue weighted by Crippen LogP contribution is 2.38. The largest absolute Gasteiger partial charge is 0.573 e. The number of rotatable bonds is 5. The van der Waals surface area contributed by atoms with E-state index in [1.807, 2.05) is 0 Å². The van der Waals surface area contributed by atoms with Gasteiger partial charge in [0.1, 0.15) is 40.3 Å². The minimum atomic E-state index is -5.01. The molecule has 0 aliphatic heterocycles. The fourth-order valence-corrected chi connectivity index (χ4v) is 2.64. The van der Waals surface area contributed by atoms with Gasteiger partial charge in [0.25, 0.3) is 0 Å². The second-order valence-corrected chi connectivity index (χ2v) is 6.08. The monoisotopic (exact) mass is 452 g/mol. The van der Waals surface area contributed by atoms with Crippen LogP contribution in [0.3, 0.4) is 0 Å². The van der Waals surface area contributed by atoms with Crippen LogP contribution in [0.5, 0.6) is 11.5 Å². The molecule has 0 saturated carbocycles. The van der Waals surface area contributed by atoms with Crippen molar-refractivity contribution in [3.05, 3.63) is 83.4 Å². The van der Waals surface area contributed by atoms with Gasteiger partial charge in [0.15, 0.2) is 0 Å². The van der Waals surface area contributed by atoms with Gasteiger partial charge in [-0.25, -0.2) is 17.6 Å². The summed E-state index contributed by atoms with van der Waals surface area (Å²) in [6, 6.07) is 5.61. The van der Waals surface area contributed by atoms with Crippen LogP contribution in [0.25, 0.3) is 11.1 Å². The lowest BCUT2D eigenvalue weighted by atomic mass is 10.0. The Morgan fingerprint density at radius 2 is 1.10 bits per heavy atom. The van der Waals surface area contributed by atoms with Crippen molar-refractivity contribution >= 4 is 0 Å². The Hall–Kier alpha value is -3.37. The summed E-state index contributed by atoms with van der Waals surface area (Å²) in [5.41, 5.74) is -2.72. The normalized spacial score (nSPS) is 12.0. The Morgan fingerprint density at radius 3 is 1.58 bits per heavy atom. The van der Waals surface area contributed by atoms with Gasteiger partial charge in [-0.15, -0.1) is 13.2 Å². The van der Waals surface area contributed by atoms with Crippen molar-refractivity contribution in [1.82, 2.24) is 0 Å². The molecule has 3 rings (SSSR count). The molecule has 11 heteroatoms. The predicted molar refractivity (Wildman–Crippen MR) is 89.4 cm³/mol. The van der Waals surface area contributed by atoms with Gasteiger partial charge >= 0.3 is 12.5 Å². The van der Waals surface area contributed by atoms with Crippen LogP contribution in [0.1, 0.15) is 5.56 Å². The van der Waals surface area contributed by atoms with Gasteiger partial charge in [0, 0.05) is 11.6 Å². The van der Waals surface area contributed by atoms with E-state index in [4.69, 9.17) is 0 Å². The Kier molecular flexibility index (Phi) is 5.79. The smallest absolute Gasteiger partial charge is 0.429 e. The van der Waals surface area contributed by atoms with Gasteiger partial charge in [-0.2, -0.15) is 8.78 Å². The maximum atomic E-state index is 14.4. The first-order valence-corrected chi connectivity index (χ1v) is 8.23. The topological polar surface area (TPSA) is 18.5 Å². The number of hydrogen-bond donors (Lipinski definition) is 0. The third-order valence-electron chi connectivity index (χ3n) is 3.88. The average molecular weight is 452 g/mol. The second-order valence-electron chi connectivity index (χ2n) is 6.08. The molecule has 3 aromatic rings. The van der Waals surface area contributed by atoms with E-state index in [0.717, 1.165) is 12.1 Å². The molecule has 0 radical (unpaired) electrons. The van der Waals surface area contributed by atoms with Gasteiger partial charge in [-0.1, -0.05) is 0 Å². The fraction of sp³-hybridized carbons (Fsp3) is 0.100. The molecule has 0 aromatic heterocycles. The SMILES string of the molecule is Fc1ccc(-c2cc(F)c(C(F)(F)Oc3ccc(OC(F)(F)F)cc3)c(F)c2)c(F)c1. The van der Waals surface area contributed by atoms with Gasteiger partial charge in [-0.05, 0) is 54.1 Å². The van der Waals surface area contributed by atoms with Gasteiger partial charge < -0.3 is 9.47 Å². The van der Waals surface area contributed by atoms with Crippen LogP contribution >= 0.6 is 0 Å². The number of alkyl halides is 5. The molecular formula is C20H9F9O2. The molecule has 164 valence electrons. The van der Waals surface area contributed by atoms with Gasteiger partial charge in [-0.3, -0.25) is 0 Å². The van der Waals surface area contributed by atoms with E-state index < -0.39 is 63.9 Å². The molecular weight excluding hydrogens is 443 g/mol. The van der Waals surface area contributed by atoms with Crippen LogP contribution in [0, 0.1) is 23.3 Å². The van der Waals surface area contributed by atoms with Crippen molar-refractivity contribution in [1.29, 1.82) is 0 Å². The Labute approximate surface area is 168 Å². The summed E-state index contributed by atoms with van der Waals surface area (Å²) in [4.78, 5) is 0. The third-order valence-corrected chi connectivity index (χ3v) is 3.88. The lowest BCUT2D eigenvalue weighted by Gasteiger charge is -2.20. The van der Waals surface area contributed by atoms with E-state index in [1.54, 1.807) is 0 Å². The molecule has 0 aliphatic carbocycles. The highest BCUT2D eigenvalue weighted by Gasteiger charge is 2.41. The highest BCUT2D eigenvalue weighted by atomic mass is 19.4. The van der Waals surface area contributed by atoms with Crippen molar-refractivity contribution in [2.24, 2.45) is 0 Å². The molecule has 0 N–H and O–H groups in total. The predicted octanol–water partition coefficient (Wildman–Crippen LogP) is 6.94. The Balaban J connectivity index is 1.89. The van der Waals surface area contributed by atoms with Crippen molar-refractivity contribution in [3.8, 4) is 22.6 Å². The molecule has 0 saturated heterocycles. The number of benzene rings is 3. The second kappa shape index (κ2) is 8.05. The minimum Gasteiger partial charge on any atom is -0.429 e. The zero-order chi connectivity index (χ0) is 23.0. The van der Waals surface area contributed by atoms with E-state index in [0.29, 0.717) is 42.5 Å². The molecule has 0 atom stereocenters. The van der Waals surface area contributed by atoms with Crippen LogP contribution in [0.15, 0.2) is 54.6 Å². The van der Waals surface area contributed by atoms with Gasteiger partial charge in [0.2, 0.25) is 0 Å². The molecule has 0 fully saturated rings. The summed E-state index contributed by atoms with van der Waals surface area (Å²) >= 11 is 0. The molecule has 0 unspecified atom stereocenters. The summed E-state index contributed by atoms with van der Waals surface area (Å²) in [6.07, 6.45) is -9.59. The van der Waals surface area contributed by atoms with Crippen LogP contribution in [-0.4, -0.2) is 6.36 Å². The molecule has 2 nitrogen and oxygen atoms in total. The van der Waals surface area contributed by atoms with Crippen molar-refractivity contribution in [2.75, 3.05) is 0 Å². The van der Waals surface area contributed by atoms with E-state index in [1.165, 1.54) is 0 Å². The summed E-state index contributed by atoms with van der Waals surface area (Å²) in [5, 5.41) is 0. The zero-order valence-corrected chi connectivity index (χ0v) is 14.9. The first kappa shape index (κ1) is 22.3.